The molecule has 6 heteroatoms. The van der Waals surface area contributed by atoms with Crippen LogP contribution in [0.25, 0.3) is 0 Å². The van der Waals surface area contributed by atoms with E-state index in [9.17, 15) is 4.79 Å². The summed E-state index contributed by atoms with van der Waals surface area (Å²) in [5.41, 5.74) is 4.45. The fraction of sp³-hybridized carbons (Fsp3) is 0.350. The van der Waals surface area contributed by atoms with E-state index in [1.807, 2.05) is 31.2 Å². The maximum absolute atomic E-state index is 12.5. The van der Waals surface area contributed by atoms with Crippen LogP contribution in [0.2, 0.25) is 0 Å². The van der Waals surface area contributed by atoms with E-state index in [-0.39, 0.29) is 5.91 Å². The molecule has 138 valence electrons. The van der Waals surface area contributed by atoms with Gasteiger partial charge >= 0.3 is 0 Å². The molecule has 0 radical (unpaired) electrons. The fourth-order valence-corrected chi connectivity index (χ4v) is 3.92. The minimum atomic E-state index is 0.0217. The Hall–Kier alpha value is -2.05. The summed E-state index contributed by atoms with van der Waals surface area (Å²) in [6.07, 6.45) is 0.923. The quantitative estimate of drug-likeness (QED) is 0.781. The smallest absolute Gasteiger partial charge is 0.279 e. The minimum Gasteiger partial charge on any atom is -0.493 e. The zero-order valence-corrected chi connectivity index (χ0v) is 16.9. The van der Waals surface area contributed by atoms with Gasteiger partial charge in [0, 0.05) is 16.5 Å². The van der Waals surface area contributed by atoms with Crippen LogP contribution in [-0.4, -0.2) is 33.2 Å². The largest absolute Gasteiger partial charge is 0.493 e. The Morgan fingerprint density at radius 3 is 2.50 bits per heavy atom. The van der Waals surface area contributed by atoms with Gasteiger partial charge in [-0.25, -0.2) is 0 Å². The second kappa shape index (κ2) is 8.10. The van der Waals surface area contributed by atoms with Crippen molar-refractivity contribution in [1.29, 1.82) is 0 Å². The van der Waals surface area contributed by atoms with Gasteiger partial charge in [-0.3, -0.25) is 4.79 Å². The summed E-state index contributed by atoms with van der Waals surface area (Å²) in [4.78, 5) is 13.7. The molecular weight excluding hydrogens is 396 g/mol. The second-order valence-electron chi connectivity index (χ2n) is 6.61. The van der Waals surface area contributed by atoms with Gasteiger partial charge in [0.25, 0.3) is 5.91 Å². The third-order valence-electron chi connectivity index (χ3n) is 4.70. The first-order chi connectivity index (χ1) is 12.5. The van der Waals surface area contributed by atoms with Crippen LogP contribution in [0, 0.1) is 6.92 Å². The summed E-state index contributed by atoms with van der Waals surface area (Å²) >= 11 is 3.50. The minimum absolute atomic E-state index is 0.0217. The molecule has 0 saturated heterocycles. The molecule has 1 atom stereocenters. The Kier molecular flexibility index (Phi) is 5.84. The zero-order chi connectivity index (χ0) is 18.7. The van der Waals surface area contributed by atoms with Crippen LogP contribution in [0.3, 0.4) is 0 Å². The molecule has 0 saturated carbocycles. The lowest BCUT2D eigenvalue weighted by atomic mass is 9.99. The molecular formula is C20H24BrN2O3+. The van der Waals surface area contributed by atoms with Gasteiger partial charge in [-0.1, -0.05) is 6.07 Å². The molecule has 1 aliphatic heterocycles. The molecule has 1 unspecified atom stereocenters. The van der Waals surface area contributed by atoms with E-state index < -0.39 is 0 Å². The average molecular weight is 420 g/mol. The number of hydrogen-bond donors (Lipinski definition) is 2. The third kappa shape index (κ3) is 4.19. The van der Waals surface area contributed by atoms with Crippen LogP contribution < -0.4 is 19.7 Å². The number of benzene rings is 2. The van der Waals surface area contributed by atoms with Crippen LogP contribution >= 0.6 is 15.9 Å². The van der Waals surface area contributed by atoms with Gasteiger partial charge in [0.15, 0.2) is 18.0 Å². The molecule has 3 rings (SSSR count). The van der Waals surface area contributed by atoms with Gasteiger partial charge in [0.05, 0.1) is 26.5 Å². The molecule has 0 spiro atoms. The molecule has 2 N–H and O–H groups in total. The summed E-state index contributed by atoms with van der Waals surface area (Å²) < 4.78 is 11.7. The average Bonchev–Trinajstić information content (AvgIpc) is 2.62. The summed E-state index contributed by atoms with van der Waals surface area (Å²) in [7, 11) is 3.29. The van der Waals surface area contributed by atoms with Crippen molar-refractivity contribution in [1.82, 2.24) is 0 Å². The number of hydrogen-bond acceptors (Lipinski definition) is 3. The number of carbonyl (C=O) groups excluding carboxylic acids is 1. The third-order valence-corrected chi connectivity index (χ3v) is 5.36. The van der Waals surface area contributed by atoms with Crippen molar-refractivity contribution >= 4 is 27.5 Å². The number of quaternary nitrogens is 1. The molecule has 0 bridgehead atoms. The van der Waals surface area contributed by atoms with Crippen LogP contribution in [0.5, 0.6) is 11.5 Å². The molecule has 0 fully saturated rings. The highest BCUT2D eigenvalue weighted by molar-refractivity contribution is 9.10. The number of nitrogens with one attached hydrogen (secondary N) is 2. The second-order valence-corrected chi connectivity index (χ2v) is 7.47. The highest BCUT2D eigenvalue weighted by Gasteiger charge is 2.24. The SMILES string of the molecule is COc1cc2c(cc1OC)C[NH+](CC(=O)Nc1ccc(C)cc1Br)CC2. The Bertz CT molecular complexity index is 823. The number of fused-ring (bicyclic) bond motifs is 1. The maximum atomic E-state index is 12.5. The highest BCUT2D eigenvalue weighted by Crippen LogP contribution is 2.31. The van der Waals surface area contributed by atoms with Gasteiger partial charge in [-0.15, -0.1) is 0 Å². The van der Waals surface area contributed by atoms with E-state index in [0.29, 0.717) is 6.54 Å². The standard InChI is InChI=1S/C20H23BrN2O3/c1-13-4-5-17(16(21)8-13)22-20(24)12-23-7-6-14-9-18(25-2)19(26-3)10-15(14)11-23/h4-5,8-10H,6-7,11-12H2,1-3H3,(H,22,24)/p+1. The zero-order valence-electron chi connectivity index (χ0n) is 15.3. The Morgan fingerprint density at radius 1 is 1.15 bits per heavy atom. The van der Waals surface area contributed by atoms with Gasteiger partial charge in [-0.2, -0.15) is 0 Å². The molecule has 2 aromatic rings. The topological polar surface area (TPSA) is 52.0 Å². The van der Waals surface area contributed by atoms with Crippen molar-refractivity contribution < 1.29 is 19.2 Å². The number of carbonyl (C=O) groups is 1. The molecule has 26 heavy (non-hydrogen) atoms. The first-order valence-electron chi connectivity index (χ1n) is 8.63. The van der Waals surface area contributed by atoms with Crippen molar-refractivity contribution in [3.05, 3.63) is 51.5 Å². The maximum Gasteiger partial charge on any atom is 0.279 e. The van der Waals surface area contributed by atoms with E-state index in [0.717, 1.165) is 46.7 Å². The van der Waals surface area contributed by atoms with Crippen molar-refractivity contribution in [2.75, 3.05) is 32.6 Å². The fourth-order valence-electron chi connectivity index (χ4n) is 3.32. The lowest BCUT2D eigenvalue weighted by Crippen LogP contribution is -3.12. The lowest BCUT2D eigenvalue weighted by molar-refractivity contribution is -0.907. The molecule has 1 heterocycles. The summed E-state index contributed by atoms with van der Waals surface area (Å²) in [5, 5.41) is 3.00. The van der Waals surface area contributed by atoms with E-state index in [4.69, 9.17) is 9.47 Å². The van der Waals surface area contributed by atoms with Crippen LogP contribution in [0.15, 0.2) is 34.8 Å². The molecule has 0 aromatic heterocycles. The number of rotatable bonds is 5. The lowest BCUT2D eigenvalue weighted by Gasteiger charge is -2.26. The normalized spacial score (nSPS) is 15.9. The van der Waals surface area contributed by atoms with Crippen molar-refractivity contribution in [3.8, 4) is 11.5 Å². The van der Waals surface area contributed by atoms with Crippen LogP contribution in [-0.2, 0) is 17.8 Å². The molecule has 0 aliphatic carbocycles. The van der Waals surface area contributed by atoms with Crippen LogP contribution in [0.4, 0.5) is 5.69 Å². The van der Waals surface area contributed by atoms with E-state index >= 15 is 0 Å². The molecule has 2 aromatic carbocycles. The summed E-state index contributed by atoms with van der Waals surface area (Å²) in [5.74, 6) is 1.52. The van der Waals surface area contributed by atoms with Crippen molar-refractivity contribution in [2.24, 2.45) is 0 Å². The number of anilines is 1. The highest BCUT2D eigenvalue weighted by atomic mass is 79.9. The van der Waals surface area contributed by atoms with Gasteiger partial charge in [0.2, 0.25) is 0 Å². The number of ether oxygens (including phenoxy) is 2. The van der Waals surface area contributed by atoms with Crippen molar-refractivity contribution in [3.63, 3.8) is 0 Å². The van der Waals surface area contributed by atoms with Gasteiger partial charge in [0.1, 0.15) is 6.54 Å². The summed E-state index contributed by atoms with van der Waals surface area (Å²) in [6.45, 7) is 4.19. The van der Waals surface area contributed by atoms with E-state index in [1.54, 1.807) is 14.2 Å². The predicted molar refractivity (Wildman–Crippen MR) is 105 cm³/mol. The Labute approximate surface area is 162 Å². The molecule has 1 amide bonds. The predicted octanol–water partition coefficient (Wildman–Crippen LogP) is 2.35. The number of amides is 1. The van der Waals surface area contributed by atoms with Gasteiger partial charge in [-0.05, 0) is 58.2 Å². The number of halogens is 1. The first kappa shape index (κ1) is 18.7. The molecule has 5 nitrogen and oxygen atoms in total. The first-order valence-corrected chi connectivity index (χ1v) is 9.42. The Balaban J connectivity index is 1.66. The van der Waals surface area contributed by atoms with Gasteiger partial charge < -0.3 is 19.7 Å². The number of aryl methyl sites for hydroxylation is 1. The number of methoxy groups -OCH3 is 2. The van der Waals surface area contributed by atoms with Crippen molar-refractivity contribution in [2.45, 2.75) is 19.9 Å². The summed E-state index contributed by atoms with van der Waals surface area (Å²) in [6, 6.07) is 9.99. The monoisotopic (exact) mass is 419 g/mol. The van der Waals surface area contributed by atoms with E-state index in [2.05, 4.69) is 27.3 Å². The van der Waals surface area contributed by atoms with E-state index in [1.165, 1.54) is 16.0 Å². The Morgan fingerprint density at radius 2 is 1.85 bits per heavy atom. The van der Waals surface area contributed by atoms with Crippen LogP contribution in [0.1, 0.15) is 16.7 Å². The molecule has 1 aliphatic rings.